The lowest BCUT2D eigenvalue weighted by Crippen LogP contribution is -2.48. The van der Waals surface area contributed by atoms with Gasteiger partial charge in [-0.2, -0.15) is 13.2 Å². The van der Waals surface area contributed by atoms with Crippen LogP contribution in [0, 0.1) is 11.8 Å². The Morgan fingerprint density at radius 1 is 1.24 bits per heavy atom. The number of aliphatic imine (C=N–C) groups is 1. The zero-order valence-electron chi connectivity index (χ0n) is 17.0. The summed E-state index contributed by atoms with van der Waals surface area (Å²) in [6.45, 7) is 8.46. The Kier molecular flexibility index (Phi) is 11.4. The molecule has 1 aliphatic heterocycles. The summed E-state index contributed by atoms with van der Waals surface area (Å²) < 4.78 is 38.2. The number of likely N-dealkylation sites (tertiary alicyclic amines) is 1. The normalized spacial score (nSPS) is 15.8. The van der Waals surface area contributed by atoms with Gasteiger partial charge in [-0.3, -0.25) is 0 Å². The van der Waals surface area contributed by atoms with E-state index in [0.717, 1.165) is 51.2 Å². The van der Waals surface area contributed by atoms with E-state index in [1.165, 1.54) is 12.5 Å². The summed E-state index contributed by atoms with van der Waals surface area (Å²) in [5.41, 5.74) is -0.349. The smallest absolute Gasteiger partial charge is 0.357 e. The van der Waals surface area contributed by atoms with E-state index in [1.807, 2.05) is 6.92 Å². The summed E-state index contributed by atoms with van der Waals surface area (Å²) in [6, 6.07) is 5.42. The van der Waals surface area contributed by atoms with Crippen LogP contribution in [0.4, 0.5) is 13.2 Å². The molecule has 1 aliphatic rings. The average molecular weight is 522 g/mol. The number of hydrogen-bond acceptors (Lipinski definition) is 2. The number of benzene rings is 1. The van der Waals surface area contributed by atoms with Gasteiger partial charge in [-0.1, -0.05) is 24.8 Å². The van der Waals surface area contributed by atoms with Crippen LogP contribution in [0.5, 0.6) is 0 Å². The molecule has 2 N–H and O–H groups in total. The summed E-state index contributed by atoms with van der Waals surface area (Å²) in [5, 5.41) is 6.65. The van der Waals surface area contributed by atoms with Crippen molar-refractivity contribution >= 4 is 29.9 Å². The molecule has 0 aliphatic carbocycles. The molecular weight excluding hydrogens is 492 g/mol. The van der Waals surface area contributed by atoms with Gasteiger partial charge in [0.05, 0.1) is 5.56 Å². The quantitative estimate of drug-likeness (QED) is 0.265. The van der Waals surface area contributed by atoms with Crippen LogP contribution in [0.1, 0.15) is 44.2 Å². The number of nitrogens with zero attached hydrogens (tertiary/aromatic N) is 2. The molecule has 0 unspecified atom stereocenters. The van der Waals surface area contributed by atoms with Crippen molar-refractivity contribution < 1.29 is 13.2 Å². The van der Waals surface area contributed by atoms with Crippen molar-refractivity contribution in [2.24, 2.45) is 4.99 Å². The second-order valence-electron chi connectivity index (χ2n) is 6.84. The molecule has 0 spiro atoms. The SMILES string of the molecule is CCCN1CCC(NC(=NCC#Cc2cccc(C(F)(F)F)c2)NCC)CC1.I. The van der Waals surface area contributed by atoms with E-state index >= 15 is 0 Å². The standard InChI is InChI=1S/C21H29F3N4.HI/c1-3-13-28-14-10-19(11-15-28)27-20(25-4-2)26-12-6-8-17-7-5-9-18(16-17)21(22,23)24;/h5,7,9,16,19H,3-4,10-15H2,1-2H3,(H2,25,26,27);1H. The third-order valence-electron chi connectivity index (χ3n) is 4.55. The Labute approximate surface area is 188 Å². The second kappa shape index (κ2) is 13.0. The summed E-state index contributed by atoms with van der Waals surface area (Å²) in [4.78, 5) is 6.91. The van der Waals surface area contributed by atoms with Crippen LogP contribution in [0.15, 0.2) is 29.3 Å². The number of piperidine rings is 1. The number of hydrogen-bond donors (Lipinski definition) is 2. The van der Waals surface area contributed by atoms with E-state index in [2.05, 4.69) is 39.3 Å². The molecule has 2 rings (SSSR count). The second-order valence-corrected chi connectivity index (χ2v) is 6.84. The van der Waals surface area contributed by atoms with Gasteiger partial charge < -0.3 is 15.5 Å². The molecule has 4 nitrogen and oxygen atoms in total. The molecule has 0 radical (unpaired) electrons. The topological polar surface area (TPSA) is 39.7 Å². The highest BCUT2D eigenvalue weighted by Crippen LogP contribution is 2.29. The average Bonchev–Trinajstić information content (AvgIpc) is 2.67. The number of guanidine groups is 1. The molecule has 1 aromatic rings. The molecule has 8 heteroatoms. The van der Waals surface area contributed by atoms with Crippen molar-refractivity contribution in [3.8, 4) is 11.8 Å². The maximum absolute atomic E-state index is 12.7. The Bertz CT molecular complexity index is 702. The number of alkyl halides is 3. The van der Waals surface area contributed by atoms with Crippen molar-refractivity contribution in [2.45, 2.75) is 45.3 Å². The first-order valence-electron chi connectivity index (χ1n) is 9.85. The predicted octanol–water partition coefficient (Wildman–Crippen LogP) is 4.10. The highest BCUT2D eigenvalue weighted by Gasteiger charge is 2.30. The third kappa shape index (κ3) is 9.26. The van der Waals surface area contributed by atoms with Gasteiger partial charge in [0, 0.05) is 31.2 Å². The van der Waals surface area contributed by atoms with Gasteiger partial charge in [0.1, 0.15) is 6.54 Å². The van der Waals surface area contributed by atoms with Crippen LogP contribution < -0.4 is 10.6 Å². The maximum atomic E-state index is 12.7. The molecule has 1 saturated heterocycles. The largest absolute Gasteiger partial charge is 0.416 e. The van der Waals surface area contributed by atoms with Gasteiger partial charge in [0.15, 0.2) is 5.96 Å². The molecule has 0 atom stereocenters. The fraction of sp³-hybridized carbons (Fsp3) is 0.571. The first-order chi connectivity index (χ1) is 13.4. The van der Waals surface area contributed by atoms with Gasteiger partial charge in [-0.15, -0.1) is 24.0 Å². The highest BCUT2D eigenvalue weighted by molar-refractivity contribution is 14.0. The number of halogens is 4. The number of nitrogens with one attached hydrogen (secondary N) is 2. The van der Waals surface area contributed by atoms with Crippen LogP contribution in [-0.2, 0) is 6.18 Å². The minimum Gasteiger partial charge on any atom is -0.357 e. The van der Waals surface area contributed by atoms with Crippen molar-refractivity contribution in [2.75, 3.05) is 32.7 Å². The zero-order valence-corrected chi connectivity index (χ0v) is 19.3. The minimum absolute atomic E-state index is 0. The molecule has 0 amide bonds. The summed E-state index contributed by atoms with van der Waals surface area (Å²) in [6.07, 6.45) is -1.04. The molecule has 29 heavy (non-hydrogen) atoms. The van der Waals surface area contributed by atoms with Crippen LogP contribution >= 0.6 is 24.0 Å². The lowest BCUT2D eigenvalue weighted by atomic mass is 10.1. The van der Waals surface area contributed by atoms with Crippen molar-refractivity contribution in [3.05, 3.63) is 35.4 Å². The Hall–Kier alpha value is -1.47. The summed E-state index contributed by atoms with van der Waals surface area (Å²) in [7, 11) is 0. The van der Waals surface area contributed by atoms with Gasteiger partial charge >= 0.3 is 6.18 Å². The zero-order chi connectivity index (χ0) is 20.4. The van der Waals surface area contributed by atoms with E-state index in [4.69, 9.17) is 0 Å². The number of rotatable bonds is 5. The van der Waals surface area contributed by atoms with E-state index in [-0.39, 0.29) is 30.5 Å². The van der Waals surface area contributed by atoms with Gasteiger partial charge in [0.25, 0.3) is 0 Å². The van der Waals surface area contributed by atoms with Crippen molar-refractivity contribution in [1.29, 1.82) is 0 Å². The lowest BCUT2D eigenvalue weighted by molar-refractivity contribution is -0.137. The van der Waals surface area contributed by atoms with Gasteiger partial charge in [-0.25, -0.2) is 4.99 Å². The summed E-state index contributed by atoms with van der Waals surface area (Å²) in [5.74, 6) is 6.30. The Balaban J connectivity index is 0.00000420. The Morgan fingerprint density at radius 2 is 1.97 bits per heavy atom. The highest BCUT2D eigenvalue weighted by atomic mass is 127. The predicted molar refractivity (Wildman–Crippen MR) is 123 cm³/mol. The van der Waals surface area contributed by atoms with Crippen LogP contribution in [0.3, 0.4) is 0 Å². The molecule has 1 heterocycles. The first kappa shape index (κ1) is 25.6. The molecule has 1 aromatic carbocycles. The monoisotopic (exact) mass is 522 g/mol. The van der Waals surface area contributed by atoms with Crippen molar-refractivity contribution in [1.82, 2.24) is 15.5 Å². The van der Waals surface area contributed by atoms with Gasteiger partial charge in [0.2, 0.25) is 0 Å². The van der Waals surface area contributed by atoms with Crippen LogP contribution in [0.2, 0.25) is 0 Å². The molecule has 0 saturated carbocycles. The fourth-order valence-corrected chi connectivity index (χ4v) is 3.16. The molecule has 162 valence electrons. The first-order valence-corrected chi connectivity index (χ1v) is 9.85. The third-order valence-corrected chi connectivity index (χ3v) is 4.55. The maximum Gasteiger partial charge on any atom is 0.416 e. The molecule has 0 aromatic heterocycles. The van der Waals surface area contributed by atoms with Crippen LogP contribution in [-0.4, -0.2) is 49.6 Å². The molecular formula is C21H30F3IN4. The molecule has 0 bridgehead atoms. The van der Waals surface area contributed by atoms with E-state index in [1.54, 1.807) is 6.07 Å². The molecule has 1 fully saturated rings. The van der Waals surface area contributed by atoms with Crippen molar-refractivity contribution in [3.63, 3.8) is 0 Å². The summed E-state index contributed by atoms with van der Waals surface area (Å²) >= 11 is 0. The Morgan fingerprint density at radius 3 is 2.59 bits per heavy atom. The van der Waals surface area contributed by atoms with E-state index in [9.17, 15) is 13.2 Å². The van der Waals surface area contributed by atoms with Crippen LogP contribution in [0.25, 0.3) is 0 Å². The van der Waals surface area contributed by atoms with E-state index in [0.29, 0.717) is 17.6 Å². The fourth-order valence-electron chi connectivity index (χ4n) is 3.16. The van der Waals surface area contributed by atoms with E-state index < -0.39 is 11.7 Å². The lowest BCUT2D eigenvalue weighted by Gasteiger charge is -2.32. The minimum atomic E-state index is -4.36. The van der Waals surface area contributed by atoms with Gasteiger partial charge in [-0.05, 0) is 50.9 Å².